The maximum absolute atomic E-state index is 11.5. The molecule has 0 aliphatic carbocycles. The lowest BCUT2D eigenvalue weighted by Gasteiger charge is -2.31. The molecule has 0 atom stereocenters. The van der Waals surface area contributed by atoms with E-state index in [1.54, 1.807) is 30.0 Å². The summed E-state index contributed by atoms with van der Waals surface area (Å²) in [6.45, 7) is 3.54. The Labute approximate surface area is 191 Å². The van der Waals surface area contributed by atoms with Gasteiger partial charge in [-0.05, 0) is 73.3 Å². The number of benzene rings is 1. The van der Waals surface area contributed by atoms with Crippen molar-refractivity contribution in [2.45, 2.75) is 31.8 Å². The second kappa shape index (κ2) is 9.48. The summed E-state index contributed by atoms with van der Waals surface area (Å²) in [5.74, 6) is 0.886. The van der Waals surface area contributed by atoms with Gasteiger partial charge in [-0.1, -0.05) is 12.1 Å². The van der Waals surface area contributed by atoms with Gasteiger partial charge in [0.15, 0.2) is 0 Å². The third-order valence-electron chi connectivity index (χ3n) is 6.34. The molecule has 8 heteroatoms. The van der Waals surface area contributed by atoms with Crippen molar-refractivity contribution in [1.82, 2.24) is 29.9 Å². The van der Waals surface area contributed by atoms with Crippen LogP contribution in [-0.4, -0.2) is 48.6 Å². The van der Waals surface area contributed by atoms with E-state index in [9.17, 15) is 4.79 Å². The quantitative estimate of drug-likeness (QED) is 0.351. The molecule has 8 nitrogen and oxygen atoms in total. The highest BCUT2D eigenvalue weighted by Gasteiger charge is 2.22. The highest BCUT2D eigenvalue weighted by molar-refractivity contribution is 5.93. The van der Waals surface area contributed by atoms with Gasteiger partial charge in [-0.25, -0.2) is 20.4 Å². The number of likely N-dealkylation sites (tertiary alicyclic amines) is 1. The van der Waals surface area contributed by atoms with Gasteiger partial charge in [0.25, 0.3) is 5.91 Å². The van der Waals surface area contributed by atoms with Crippen molar-refractivity contribution in [3.05, 3.63) is 89.8 Å². The summed E-state index contributed by atoms with van der Waals surface area (Å²) in [7, 11) is 0. The van der Waals surface area contributed by atoms with E-state index in [0.29, 0.717) is 18.0 Å². The molecule has 1 aromatic carbocycles. The Hall–Kier alpha value is -3.62. The number of rotatable bonds is 6. The standard InChI is InChI=1S/C25H26N6O2/c32-25(29-33)20-4-2-18(3-5-20)16-31-13-8-21-14-22(15-28-24(21)31)19-6-11-30(12-7-19)17-23-26-9-1-10-27-23/h1-5,8-10,13-15,19,33H,6-7,11-12,16-17H2,(H,29,32). The molecule has 2 N–H and O–H groups in total. The van der Waals surface area contributed by atoms with Crippen LogP contribution in [0.3, 0.4) is 0 Å². The van der Waals surface area contributed by atoms with Crippen LogP contribution in [0.25, 0.3) is 11.0 Å². The van der Waals surface area contributed by atoms with Crippen LogP contribution in [-0.2, 0) is 13.1 Å². The van der Waals surface area contributed by atoms with Gasteiger partial charge >= 0.3 is 0 Å². The van der Waals surface area contributed by atoms with Gasteiger partial charge in [-0.3, -0.25) is 14.9 Å². The first kappa shape index (κ1) is 21.2. The molecular weight excluding hydrogens is 416 g/mol. The van der Waals surface area contributed by atoms with Crippen LogP contribution in [0, 0.1) is 0 Å². The molecule has 4 aromatic rings. The van der Waals surface area contributed by atoms with E-state index in [1.165, 1.54) is 5.56 Å². The Morgan fingerprint density at radius 2 is 1.79 bits per heavy atom. The molecule has 0 bridgehead atoms. The summed E-state index contributed by atoms with van der Waals surface area (Å²) in [6.07, 6.45) is 9.88. The van der Waals surface area contributed by atoms with E-state index in [1.807, 2.05) is 24.4 Å². The molecule has 3 aromatic heterocycles. The Morgan fingerprint density at radius 3 is 2.52 bits per heavy atom. The summed E-state index contributed by atoms with van der Waals surface area (Å²) in [6, 6.07) is 13.4. The first-order valence-corrected chi connectivity index (χ1v) is 11.2. The highest BCUT2D eigenvalue weighted by Crippen LogP contribution is 2.30. The predicted octanol–water partition coefficient (Wildman–Crippen LogP) is 3.37. The molecule has 0 unspecified atom stereocenters. The number of hydroxylamine groups is 1. The first-order chi connectivity index (χ1) is 16.2. The topological polar surface area (TPSA) is 96.2 Å². The summed E-state index contributed by atoms with van der Waals surface area (Å²) in [5, 5.41) is 9.90. The van der Waals surface area contributed by atoms with E-state index in [0.717, 1.165) is 54.9 Å². The van der Waals surface area contributed by atoms with Crippen molar-refractivity contribution in [2.24, 2.45) is 0 Å². The Kier molecular flexibility index (Phi) is 6.10. The van der Waals surface area contributed by atoms with Crippen LogP contribution in [0.1, 0.15) is 46.1 Å². The third-order valence-corrected chi connectivity index (χ3v) is 6.34. The van der Waals surface area contributed by atoms with Gasteiger partial charge in [0, 0.05) is 42.3 Å². The first-order valence-electron chi connectivity index (χ1n) is 11.2. The van der Waals surface area contributed by atoms with E-state index in [4.69, 9.17) is 10.2 Å². The third kappa shape index (κ3) is 4.76. The van der Waals surface area contributed by atoms with Crippen molar-refractivity contribution in [1.29, 1.82) is 0 Å². The molecule has 5 rings (SSSR count). The largest absolute Gasteiger partial charge is 0.328 e. The van der Waals surface area contributed by atoms with Crippen LogP contribution < -0.4 is 5.48 Å². The summed E-state index contributed by atoms with van der Waals surface area (Å²) < 4.78 is 2.11. The maximum atomic E-state index is 11.5. The number of nitrogens with zero attached hydrogens (tertiary/aromatic N) is 5. The van der Waals surface area contributed by atoms with Gasteiger partial charge in [0.05, 0.1) is 6.54 Å². The van der Waals surface area contributed by atoms with Crippen molar-refractivity contribution in [3.63, 3.8) is 0 Å². The SMILES string of the molecule is O=C(NO)c1ccc(Cn2ccc3cc(C4CCN(Cc5ncccn5)CC4)cnc32)cc1. The number of hydrogen-bond acceptors (Lipinski definition) is 6. The van der Waals surface area contributed by atoms with Crippen molar-refractivity contribution in [3.8, 4) is 0 Å². The number of piperidine rings is 1. The Morgan fingerprint density at radius 1 is 1.03 bits per heavy atom. The van der Waals surface area contributed by atoms with Gasteiger partial charge < -0.3 is 4.57 Å². The number of aromatic nitrogens is 4. The minimum Gasteiger partial charge on any atom is -0.328 e. The fraction of sp³-hybridized carbons (Fsp3) is 0.280. The van der Waals surface area contributed by atoms with E-state index >= 15 is 0 Å². The van der Waals surface area contributed by atoms with Crippen molar-refractivity contribution < 1.29 is 10.0 Å². The van der Waals surface area contributed by atoms with Gasteiger partial charge in [0.1, 0.15) is 11.5 Å². The molecule has 4 heterocycles. The predicted molar refractivity (Wildman–Crippen MR) is 124 cm³/mol. The number of amides is 1. The Bertz CT molecular complexity index is 1230. The summed E-state index contributed by atoms with van der Waals surface area (Å²) >= 11 is 0. The average molecular weight is 443 g/mol. The zero-order valence-corrected chi connectivity index (χ0v) is 18.3. The van der Waals surface area contributed by atoms with E-state index < -0.39 is 5.91 Å². The van der Waals surface area contributed by atoms with Gasteiger partial charge in [0.2, 0.25) is 0 Å². The molecule has 168 valence electrons. The molecule has 1 fully saturated rings. The number of pyridine rings is 1. The second-order valence-electron chi connectivity index (χ2n) is 8.48. The van der Waals surface area contributed by atoms with E-state index in [2.05, 4.69) is 37.8 Å². The molecule has 0 saturated carbocycles. The number of hydrogen-bond donors (Lipinski definition) is 2. The zero-order valence-electron chi connectivity index (χ0n) is 18.3. The van der Waals surface area contributed by atoms with Crippen LogP contribution >= 0.6 is 0 Å². The average Bonchev–Trinajstić information content (AvgIpc) is 3.27. The fourth-order valence-corrected chi connectivity index (χ4v) is 4.50. The van der Waals surface area contributed by atoms with Gasteiger partial charge in [-0.2, -0.15) is 0 Å². The number of carbonyl (C=O) groups is 1. The molecule has 1 amide bonds. The fourth-order valence-electron chi connectivity index (χ4n) is 4.50. The molecule has 33 heavy (non-hydrogen) atoms. The summed E-state index contributed by atoms with van der Waals surface area (Å²) in [5.41, 5.74) is 5.39. The lowest BCUT2D eigenvalue weighted by Crippen LogP contribution is -2.33. The van der Waals surface area contributed by atoms with Crippen LogP contribution in [0.5, 0.6) is 0 Å². The van der Waals surface area contributed by atoms with Gasteiger partial charge in [-0.15, -0.1) is 0 Å². The number of carbonyl (C=O) groups excluding carboxylic acids is 1. The zero-order chi connectivity index (χ0) is 22.6. The highest BCUT2D eigenvalue weighted by atomic mass is 16.5. The maximum Gasteiger partial charge on any atom is 0.274 e. The molecule has 1 saturated heterocycles. The second-order valence-corrected chi connectivity index (χ2v) is 8.48. The minimum atomic E-state index is -0.513. The monoisotopic (exact) mass is 442 g/mol. The van der Waals surface area contributed by atoms with Crippen LogP contribution in [0.15, 0.2) is 67.3 Å². The molecule has 1 aliphatic rings. The van der Waals surface area contributed by atoms with Crippen molar-refractivity contribution in [2.75, 3.05) is 13.1 Å². The number of fused-ring (bicyclic) bond motifs is 1. The summed E-state index contributed by atoms with van der Waals surface area (Å²) in [4.78, 5) is 27.4. The van der Waals surface area contributed by atoms with Crippen molar-refractivity contribution >= 4 is 16.9 Å². The molecule has 0 spiro atoms. The minimum absolute atomic E-state index is 0.420. The Balaban J connectivity index is 1.23. The molecule has 0 radical (unpaired) electrons. The normalized spacial score (nSPS) is 15.1. The van der Waals surface area contributed by atoms with E-state index in [-0.39, 0.29) is 0 Å². The lowest BCUT2D eigenvalue weighted by molar-refractivity contribution is 0.0706. The lowest BCUT2D eigenvalue weighted by atomic mass is 9.90. The van der Waals surface area contributed by atoms with Crippen LogP contribution in [0.2, 0.25) is 0 Å². The molecule has 1 aliphatic heterocycles. The smallest absolute Gasteiger partial charge is 0.274 e. The number of nitrogens with one attached hydrogen (secondary N) is 1. The van der Waals surface area contributed by atoms with Crippen LogP contribution in [0.4, 0.5) is 0 Å². The molecular formula is C25H26N6O2.